The third kappa shape index (κ3) is 4.60. The number of unbranched alkanes of at least 4 members (excludes halogenated alkanes) is 1. The molecule has 0 bridgehead atoms. The summed E-state index contributed by atoms with van der Waals surface area (Å²) >= 11 is 5.98. The van der Waals surface area contributed by atoms with E-state index < -0.39 is 0 Å². The first-order valence-electron chi connectivity index (χ1n) is 7.21. The average molecular weight is 305 g/mol. The molecule has 0 aliphatic carbocycles. The van der Waals surface area contributed by atoms with Crippen LogP contribution >= 0.6 is 11.6 Å². The Morgan fingerprint density at radius 1 is 1.10 bits per heavy atom. The summed E-state index contributed by atoms with van der Waals surface area (Å²) in [5, 5.41) is 7.38. The van der Waals surface area contributed by atoms with E-state index in [1.807, 2.05) is 38.1 Å². The van der Waals surface area contributed by atoms with E-state index in [4.69, 9.17) is 11.6 Å². The highest BCUT2D eigenvalue weighted by molar-refractivity contribution is 6.30. The number of aryl methyl sites for hydroxylation is 2. The van der Waals surface area contributed by atoms with Crippen LogP contribution in [0.2, 0.25) is 5.02 Å². The van der Waals surface area contributed by atoms with Crippen LogP contribution in [0.5, 0.6) is 0 Å². The Morgan fingerprint density at radius 3 is 2.57 bits per heavy atom. The molecule has 2 N–H and O–H groups in total. The van der Waals surface area contributed by atoms with Crippen molar-refractivity contribution in [3.63, 3.8) is 0 Å². The molecule has 4 nitrogen and oxygen atoms in total. The Balaban J connectivity index is 2.15. The second-order valence-corrected chi connectivity index (χ2v) is 5.49. The maximum Gasteiger partial charge on any atom is 0.136 e. The first kappa shape index (κ1) is 15.6. The minimum absolute atomic E-state index is 0.735. The van der Waals surface area contributed by atoms with Crippen LogP contribution in [0.3, 0.4) is 0 Å². The normalized spacial score (nSPS) is 10.5. The van der Waals surface area contributed by atoms with Crippen LogP contribution in [-0.4, -0.2) is 16.5 Å². The van der Waals surface area contributed by atoms with Crippen LogP contribution in [0.15, 0.2) is 24.3 Å². The molecule has 5 heteroatoms. The molecule has 0 spiro atoms. The van der Waals surface area contributed by atoms with Crippen molar-refractivity contribution in [2.24, 2.45) is 0 Å². The smallest absolute Gasteiger partial charge is 0.136 e. The fourth-order valence-corrected chi connectivity index (χ4v) is 2.25. The van der Waals surface area contributed by atoms with Gasteiger partial charge in [-0.1, -0.05) is 24.9 Å². The summed E-state index contributed by atoms with van der Waals surface area (Å²) in [4.78, 5) is 8.83. The lowest BCUT2D eigenvalue weighted by molar-refractivity contribution is 0.829. The number of hydrogen-bond acceptors (Lipinski definition) is 4. The summed E-state index contributed by atoms with van der Waals surface area (Å²) in [6.45, 7) is 7.00. The van der Waals surface area contributed by atoms with Crippen molar-refractivity contribution < 1.29 is 0 Å². The van der Waals surface area contributed by atoms with Crippen LogP contribution < -0.4 is 10.6 Å². The number of anilines is 3. The lowest BCUT2D eigenvalue weighted by Gasteiger charge is -2.12. The molecule has 0 aliphatic rings. The molecule has 1 aromatic heterocycles. The van der Waals surface area contributed by atoms with Gasteiger partial charge in [-0.05, 0) is 44.0 Å². The van der Waals surface area contributed by atoms with Crippen molar-refractivity contribution in [1.82, 2.24) is 9.97 Å². The Labute approximate surface area is 131 Å². The summed E-state index contributed by atoms with van der Waals surface area (Å²) < 4.78 is 0. The molecule has 1 aromatic carbocycles. The molecule has 1 heterocycles. The summed E-state index contributed by atoms with van der Waals surface area (Å²) in [6.07, 6.45) is 2.29. The molecule has 2 aromatic rings. The van der Waals surface area contributed by atoms with E-state index in [9.17, 15) is 0 Å². The molecule has 112 valence electrons. The van der Waals surface area contributed by atoms with E-state index in [-0.39, 0.29) is 0 Å². The van der Waals surface area contributed by atoms with E-state index in [1.165, 1.54) is 0 Å². The van der Waals surface area contributed by atoms with Gasteiger partial charge in [-0.25, -0.2) is 9.97 Å². The summed E-state index contributed by atoms with van der Waals surface area (Å²) in [6, 6.07) is 7.68. The van der Waals surface area contributed by atoms with E-state index in [0.717, 1.165) is 53.1 Å². The third-order valence-electron chi connectivity index (χ3n) is 3.13. The van der Waals surface area contributed by atoms with Gasteiger partial charge in [0.2, 0.25) is 0 Å². The summed E-state index contributed by atoms with van der Waals surface area (Å²) in [7, 11) is 0. The number of benzene rings is 1. The van der Waals surface area contributed by atoms with Gasteiger partial charge in [-0.3, -0.25) is 0 Å². The Hall–Kier alpha value is -1.81. The maximum atomic E-state index is 5.98. The summed E-state index contributed by atoms with van der Waals surface area (Å²) in [5.74, 6) is 2.38. The van der Waals surface area contributed by atoms with Gasteiger partial charge in [0.15, 0.2) is 0 Å². The van der Waals surface area contributed by atoms with Crippen LogP contribution in [0.1, 0.15) is 31.2 Å². The molecule has 0 saturated carbocycles. The fraction of sp³-hybridized carbons (Fsp3) is 0.375. The second-order valence-electron chi connectivity index (χ2n) is 5.05. The predicted octanol–water partition coefficient (Wildman–Crippen LogP) is 4.70. The molecule has 0 radical (unpaired) electrons. The number of hydrogen-bond donors (Lipinski definition) is 2. The Morgan fingerprint density at radius 2 is 1.86 bits per heavy atom. The zero-order chi connectivity index (χ0) is 15.2. The Kier molecular flexibility index (Phi) is 5.39. The molecule has 21 heavy (non-hydrogen) atoms. The van der Waals surface area contributed by atoms with Gasteiger partial charge in [0.1, 0.15) is 17.5 Å². The molecule has 0 amide bonds. The molecule has 2 rings (SSSR count). The van der Waals surface area contributed by atoms with E-state index >= 15 is 0 Å². The summed E-state index contributed by atoms with van der Waals surface area (Å²) in [5.41, 5.74) is 2.08. The van der Waals surface area contributed by atoms with E-state index in [0.29, 0.717) is 0 Å². The molecule has 0 fully saturated rings. The second kappa shape index (κ2) is 7.27. The number of nitrogens with zero attached hydrogens (tertiary/aromatic N) is 2. The SMILES string of the molecule is CCCCNc1cc(Nc2ccc(Cl)cc2C)nc(C)n1. The topological polar surface area (TPSA) is 49.8 Å². The maximum absolute atomic E-state index is 5.98. The minimum Gasteiger partial charge on any atom is -0.370 e. The number of halogens is 1. The molecule has 0 atom stereocenters. The standard InChI is InChI=1S/C16H21ClN4/c1-4-5-8-18-15-10-16(20-12(3)19-15)21-14-7-6-13(17)9-11(14)2/h6-7,9-10H,4-5,8H2,1-3H3,(H2,18,19,20,21). The van der Waals surface area contributed by atoms with Gasteiger partial charge in [-0.15, -0.1) is 0 Å². The van der Waals surface area contributed by atoms with Crippen LogP contribution in [-0.2, 0) is 0 Å². The number of rotatable bonds is 6. The van der Waals surface area contributed by atoms with Gasteiger partial charge < -0.3 is 10.6 Å². The number of nitrogens with one attached hydrogen (secondary N) is 2. The van der Waals surface area contributed by atoms with Crippen molar-refractivity contribution in [1.29, 1.82) is 0 Å². The zero-order valence-electron chi connectivity index (χ0n) is 12.7. The van der Waals surface area contributed by atoms with Crippen molar-refractivity contribution in [2.45, 2.75) is 33.6 Å². The van der Waals surface area contributed by atoms with Gasteiger partial charge in [-0.2, -0.15) is 0 Å². The van der Waals surface area contributed by atoms with E-state index in [1.54, 1.807) is 0 Å². The largest absolute Gasteiger partial charge is 0.370 e. The lowest BCUT2D eigenvalue weighted by Crippen LogP contribution is -2.06. The first-order valence-corrected chi connectivity index (χ1v) is 7.59. The van der Waals surface area contributed by atoms with E-state index in [2.05, 4.69) is 27.5 Å². The van der Waals surface area contributed by atoms with Gasteiger partial charge >= 0.3 is 0 Å². The number of aromatic nitrogens is 2. The average Bonchev–Trinajstić information content (AvgIpc) is 2.42. The predicted molar refractivity (Wildman–Crippen MR) is 89.6 cm³/mol. The van der Waals surface area contributed by atoms with Gasteiger partial charge in [0, 0.05) is 23.3 Å². The first-order chi connectivity index (χ1) is 10.1. The van der Waals surface area contributed by atoms with Crippen molar-refractivity contribution in [3.05, 3.63) is 40.7 Å². The quantitative estimate of drug-likeness (QED) is 0.759. The van der Waals surface area contributed by atoms with Crippen molar-refractivity contribution >= 4 is 28.9 Å². The highest BCUT2D eigenvalue weighted by atomic mass is 35.5. The van der Waals surface area contributed by atoms with Gasteiger partial charge in [0.25, 0.3) is 0 Å². The highest BCUT2D eigenvalue weighted by Gasteiger charge is 2.04. The minimum atomic E-state index is 0.735. The molecule has 0 saturated heterocycles. The fourth-order valence-electron chi connectivity index (χ4n) is 2.02. The van der Waals surface area contributed by atoms with Crippen molar-refractivity contribution in [2.75, 3.05) is 17.2 Å². The Bertz CT molecular complexity index is 613. The van der Waals surface area contributed by atoms with Crippen molar-refractivity contribution in [3.8, 4) is 0 Å². The van der Waals surface area contributed by atoms with Gasteiger partial charge in [0.05, 0.1) is 0 Å². The molecule has 0 unspecified atom stereocenters. The van der Waals surface area contributed by atoms with Crippen LogP contribution in [0.25, 0.3) is 0 Å². The van der Waals surface area contributed by atoms with Crippen LogP contribution in [0, 0.1) is 13.8 Å². The lowest BCUT2D eigenvalue weighted by atomic mass is 10.2. The zero-order valence-corrected chi connectivity index (χ0v) is 13.5. The molecular weight excluding hydrogens is 284 g/mol. The monoisotopic (exact) mass is 304 g/mol. The third-order valence-corrected chi connectivity index (χ3v) is 3.36. The molecule has 0 aliphatic heterocycles. The highest BCUT2D eigenvalue weighted by Crippen LogP contribution is 2.23. The molecular formula is C16H21ClN4. The van der Waals surface area contributed by atoms with Crippen LogP contribution in [0.4, 0.5) is 17.3 Å².